The molecule has 0 spiro atoms. The van der Waals surface area contributed by atoms with Crippen molar-refractivity contribution in [1.29, 1.82) is 0 Å². The van der Waals surface area contributed by atoms with Crippen molar-refractivity contribution in [1.82, 2.24) is 4.90 Å². The van der Waals surface area contributed by atoms with E-state index in [4.69, 9.17) is 5.73 Å². The number of hydrogen-bond donors (Lipinski definition) is 1. The lowest BCUT2D eigenvalue weighted by molar-refractivity contribution is -0.138. The van der Waals surface area contributed by atoms with Crippen LogP contribution >= 0.6 is 0 Å². The Morgan fingerprint density at radius 1 is 1.29 bits per heavy atom. The highest BCUT2D eigenvalue weighted by molar-refractivity contribution is 5.79. The molecule has 1 amide bonds. The van der Waals surface area contributed by atoms with Gasteiger partial charge in [-0.05, 0) is 44.4 Å². The zero-order chi connectivity index (χ0) is 15.8. The molecule has 0 aliphatic heterocycles. The van der Waals surface area contributed by atoms with Crippen molar-refractivity contribution in [2.45, 2.75) is 66.0 Å². The van der Waals surface area contributed by atoms with Gasteiger partial charge in [-0.2, -0.15) is 0 Å². The van der Waals surface area contributed by atoms with Crippen LogP contribution in [0.4, 0.5) is 5.69 Å². The molecule has 1 atom stereocenters. The fraction of sp³-hybridized carbons (Fsp3) is 0.611. The first-order valence-electron chi connectivity index (χ1n) is 8.14. The van der Waals surface area contributed by atoms with Crippen molar-refractivity contribution in [2.24, 2.45) is 5.92 Å². The van der Waals surface area contributed by atoms with Gasteiger partial charge < -0.3 is 10.6 Å². The molecule has 2 N–H and O–H groups in total. The number of unbranched alkanes of at least 4 members (excludes halogenated alkanes) is 1. The summed E-state index contributed by atoms with van der Waals surface area (Å²) >= 11 is 0. The predicted molar refractivity (Wildman–Crippen MR) is 89.8 cm³/mol. The van der Waals surface area contributed by atoms with Crippen molar-refractivity contribution in [3.8, 4) is 0 Å². The van der Waals surface area contributed by atoms with Crippen LogP contribution in [0.2, 0.25) is 0 Å². The summed E-state index contributed by atoms with van der Waals surface area (Å²) in [5, 5.41) is 0. The van der Waals surface area contributed by atoms with Crippen molar-refractivity contribution in [3.05, 3.63) is 29.8 Å². The zero-order valence-corrected chi connectivity index (χ0v) is 13.9. The van der Waals surface area contributed by atoms with Crippen LogP contribution in [0.3, 0.4) is 0 Å². The van der Waals surface area contributed by atoms with E-state index in [1.807, 2.05) is 29.2 Å². The van der Waals surface area contributed by atoms with E-state index in [2.05, 4.69) is 27.7 Å². The smallest absolute Gasteiger partial charge is 0.226 e. The van der Waals surface area contributed by atoms with Gasteiger partial charge in [0.25, 0.3) is 0 Å². The van der Waals surface area contributed by atoms with E-state index >= 15 is 0 Å². The average Bonchev–Trinajstić information content (AvgIpc) is 2.45. The average molecular weight is 290 g/mol. The third-order valence-corrected chi connectivity index (χ3v) is 3.96. The van der Waals surface area contributed by atoms with Gasteiger partial charge in [0.05, 0.1) is 0 Å². The van der Waals surface area contributed by atoms with Crippen molar-refractivity contribution in [2.75, 3.05) is 5.73 Å². The summed E-state index contributed by atoms with van der Waals surface area (Å²) in [6, 6.07) is 8.01. The zero-order valence-electron chi connectivity index (χ0n) is 13.9. The molecule has 1 aromatic carbocycles. The maximum atomic E-state index is 12.8. The quantitative estimate of drug-likeness (QED) is 0.729. The highest BCUT2D eigenvalue weighted by Crippen LogP contribution is 2.20. The lowest BCUT2D eigenvalue weighted by Gasteiger charge is -2.30. The molecule has 0 aliphatic carbocycles. The number of carbonyl (C=O) groups is 1. The number of carbonyl (C=O) groups excluding carboxylic acids is 1. The van der Waals surface area contributed by atoms with E-state index in [1.165, 1.54) is 0 Å². The number of benzene rings is 1. The van der Waals surface area contributed by atoms with Gasteiger partial charge in [-0.3, -0.25) is 4.79 Å². The molecule has 0 bridgehead atoms. The molecular formula is C18H30N2O. The van der Waals surface area contributed by atoms with Crippen LogP contribution in [-0.2, 0) is 11.3 Å². The standard InChI is InChI=1S/C18H30N2O/c1-5-7-10-16(6-2)18(21)20(14(3)4)13-15-9-8-11-17(19)12-15/h8-9,11-12,14,16H,5-7,10,13,19H2,1-4H3. The Labute approximate surface area is 129 Å². The van der Waals surface area contributed by atoms with Crippen LogP contribution in [0.15, 0.2) is 24.3 Å². The summed E-state index contributed by atoms with van der Waals surface area (Å²) < 4.78 is 0. The van der Waals surface area contributed by atoms with Crippen molar-refractivity contribution in [3.63, 3.8) is 0 Å². The summed E-state index contributed by atoms with van der Waals surface area (Å²) in [6.07, 6.45) is 4.17. The second kappa shape index (κ2) is 8.71. The molecule has 0 radical (unpaired) electrons. The Bertz CT molecular complexity index is 443. The fourth-order valence-corrected chi connectivity index (χ4v) is 2.59. The molecule has 1 unspecified atom stereocenters. The molecule has 118 valence electrons. The van der Waals surface area contributed by atoms with Crippen LogP contribution in [0.5, 0.6) is 0 Å². The number of nitrogen functional groups attached to an aromatic ring is 1. The third kappa shape index (κ3) is 5.41. The number of nitrogens with zero attached hydrogens (tertiary/aromatic N) is 1. The van der Waals surface area contributed by atoms with Crippen LogP contribution in [0.1, 0.15) is 58.9 Å². The molecular weight excluding hydrogens is 260 g/mol. The van der Waals surface area contributed by atoms with E-state index in [-0.39, 0.29) is 17.9 Å². The molecule has 0 aromatic heterocycles. The normalized spacial score (nSPS) is 12.4. The van der Waals surface area contributed by atoms with Gasteiger partial charge in [-0.25, -0.2) is 0 Å². The molecule has 0 saturated carbocycles. The second-order valence-electron chi connectivity index (χ2n) is 6.05. The first-order valence-corrected chi connectivity index (χ1v) is 8.14. The van der Waals surface area contributed by atoms with Gasteiger partial charge in [0.1, 0.15) is 0 Å². The van der Waals surface area contributed by atoms with E-state index in [0.29, 0.717) is 6.54 Å². The largest absolute Gasteiger partial charge is 0.399 e. The van der Waals surface area contributed by atoms with E-state index in [9.17, 15) is 4.79 Å². The van der Waals surface area contributed by atoms with Crippen molar-refractivity contribution >= 4 is 11.6 Å². The lowest BCUT2D eigenvalue weighted by Crippen LogP contribution is -2.40. The topological polar surface area (TPSA) is 46.3 Å². The maximum Gasteiger partial charge on any atom is 0.226 e. The molecule has 0 fully saturated rings. The van der Waals surface area contributed by atoms with Gasteiger partial charge in [-0.15, -0.1) is 0 Å². The van der Waals surface area contributed by atoms with E-state index < -0.39 is 0 Å². The fourth-order valence-electron chi connectivity index (χ4n) is 2.59. The number of nitrogens with two attached hydrogens (primary N) is 1. The Balaban J connectivity index is 2.82. The van der Waals surface area contributed by atoms with E-state index in [1.54, 1.807) is 0 Å². The summed E-state index contributed by atoms with van der Waals surface area (Å²) in [7, 11) is 0. The Morgan fingerprint density at radius 2 is 2.00 bits per heavy atom. The number of amides is 1. The van der Waals surface area contributed by atoms with Crippen LogP contribution in [0.25, 0.3) is 0 Å². The number of hydrogen-bond acceptors (Lipinski definition) is 2. The molecule has 1 aromatic rings. The Kier molecular flexibility index (Phi) is 7.27. The summed E-state index contributed by atoms with van der Waals surface area (Å²) in [5.74, 6) is 0.428. The SMILES string of the molecule is CCCCC(CC)C(=O)N(Cc1cccc(N)c1)C(C)C. The first-order chi connectivity index (χ1) is 9.99. The van der Waals surface area contributed by atoms with Crippen LogP contribution in [0, 0.1) is 5.92 Å². The minimum absolute atomic E-state index is 0.147. The van der Waals surface area contributed by atoms with Gasteiger partial charge >= 0.3 is 0 Å². The maximum absolute atomic E-state index is 12.8. The van der Waals surface area contributed by atoms with E-state index in [0.717, 1.165) is 36.9 Å². The molecule has 0 saturated heterocycles. The predicted octanol–water partition coefficient (Wildman–Crippen LogP) is 4.22. The van der Waals surface area contributed by atoms with Crippen LogP contribution < -0.4 is 5.73 Å². The lowest BCUT2D eigenvalue weighted by atomic mass is 9.97. The monoisotopic (exact) mass is 290 g/mol. The molecule has 3 heteroatoms. The summed E-state index contributed by atoms with van der Waals surface area (Å²) in [5.41, 5.74) is 7.69. The second-order valence-corrected chi connectivity index (χ2v) is 6.05. The van der Waals surface area contributed by atoms with Gasteiger partial charge in [-0.1, -0.05) is 38.8 Å². The Hall–Kier alpha value is -1.51. The molecule has 1 rings (SSSR count). The third-order valence-electron chi connectivity index (χ3n) is 3.96. The van der Waals surface area contributed by atoms with Gasteiger partial charge in [0.15, 0.2) is 0 Å². The molecule has 0 aliphatic rings. The summed E-state index contributed by atoms with van der Waals surface area (Å²) in [4.78, 5) is 14.8. The minimum Gasteiger partial charge on any atom is -0.399 e. The van der Waals surface area contributed by atoms with Gasteiger partial charge in [0, 0.05) is 24.2 Å². The summed E-state index contributed by atoms with van der Waals surface area (Å²) in [6.45, 7) is 9.08. The van der Waals surface area contributed by atoms with Crippen molar-refractivity contribution < 1.29 is 4.79 Å². The molecule has 3 nitrogen and oxygen atoms in total. The highest BCUT2D eigenvalue weighted by atomic mass is 16.2. The molecule has 0 heterocycles. The first kappa shape index (κ1) is 17.5. The number of rotatable bonds is 8. The van der Waals surface area contributed by atoms with Crippen LogP contribution in [-0.4, -0.2) is 16.8 Å². The highest BCUT2D eigenvalue weighted by Gasteiger charge is 2.24. The minimum atomic E-state index is 0.147. The number of anilines is 1. The Morgan fingerprint density at radius 3 is 2.52 bits per heavy atom. The molecule has 21 heavy (non-hydrogen) atoms. The van der Waals surface area contributed by atoms with Gasteiger partial charge in [0.2, 0.25) is 5.91 Å².